The molecule has 2 unspecified atom stereocenters. The largest absolute Gasteiger partial charge is 0.368 e. The number of nitrogens with two attached hydrogens (primary N) is 1. The molecule has 1 aliphatic rings. The lowest BCUT2D eigenvalue weighted by Crippen LogP contribution is -2.31. The van der Waals surface area contributed by atoms with Gasteiger partial charge in [0.2, 0.25) is 0 Å². The van der Waals surface area contributed by atoms with E-state index in [4.69, 9.17) is 5.73 Å². The van der Waals surface area contributed by atoms with Crippen molar-refractivity contribution in [1.29, 1.82) is 0 Å². The Hall–Kier alpha value is -1.16. The lowest BCUT2D eigenvalue weighted by atomic mass is 9.86. The molecule has 88 valence electrons. The topological polar surface area (TPSA) is 63.8 Å². The zero-order chi connectivity index (χ0) is 11.4. The van der Waals surface area contributed by atoms with Crippen molar-refractivity contribution in [2.45, 2.75) is 38.6 Å². The second-order valence-corrected chi connectivity index (χ2v) is 4.66. The molecule has 16 heavy (non-hydrogen) atoms. The van der Waals surface area contributed by atoms with Gasteiger partial charge in [-0.1, -0.05) is 6.42 Å². The van der Waals surface area contributed by atoms with E-state index in [-0.39, 0.29) is 0 Å². The summed E-state index contributed by atoms with van der Waals surface area (Å²) in [5.41, 5.74) is 6.93. The van der Waals surface area contributed by atoms with Gasteiger partial charge in [0.1, 0.15) is 5.82 Å². The highest BCUT2D eigenvalue weighted by Gasteiger charge is 2.19. The summed E-state index contributed by atoms with van der Waals surface area (Å²) in [6, 6.07) is 0.392. The number of hydrogen-bond acceptors (Lipinski definition) is 4. The van der Waals surface area contributed by atoms with Crippen LogP contribution in [0.3, 0.4) is 0 Å². The summed E-state index contributed by atoms with van der Waals surface area (Å²) < 4.78 is 0. The summed E-state index contributed by atoms with van der Waals surface area (Å²) in [6.07, 6.45) is 8.29. The van der Waals surface area contributed by atoms with E-state index in [9.17, 15) is 0 Å². The fourth-order valence-electron chi connectivity index (χ4n) is 2.34. The predicted molar refractivity (Wildman–Crippen MR) is 65.2 cm³/mol. The Morgan fingerprint density at radius 3 is 2.94 bits per heavy atom. The second-order valence-electron chi connectivity index (χ2n) is 4.66. The Labute approximate surface area is 96.7 Å². The minimum Gasteiger partial charge on any atom is -0.368 e. The molecule has 0 bridgehead atoms. The van der Waals surface area contributed by atoms with E-state index >= 15 is 0 Å². The maximum atomic E-state index is 5.97. The third-order valence-electron chi connectivity index (χ3n) is 3.26. The molecule has 3 N–H and O–H groups in total. The van der Waals surface area contributed by atoms with Gasteiger partial charge >= 0.3 is 0 Å². The molecule has 0 spiro atoms. The van der Waals surface area contributed by atoms with Crippen LogP contribution in [0.15, 0.2) is 12.4 Å². The second kappa shape index (κ2) is 5.25. The van der Waals surface area contributed by atoms with Crippen molar-refractivity contribution in [3.05, 3.63) is 18.1 Å². The summed E-state index contributed by atoms with van der Waals surface area (Å²) in [6.45, 7) is 2.94. The molecule has 0 amide bonds. The minimum absolute atomic E-state index is 0.392. The SMILES string of the molecule is Cc1nccnc1NCC1CCCC(N)C1. The van der Waals surface area contributed by atoms with Crippen molar-refractivity contribution in [1.82, 2.24) is 9.97 Å². The van der Waals surface area contributed by atoms with Crippen LogP contribution in [-0.4, -0.2) is 22.6 Å². The number of aromatic nitrogens is 2. The standard InChI is InChI=1S/C12H20N4/c1-9-12(15-6-5-14-9)16-8-10-3-2-4-11(13)7-10/h5-6,10-11H,2-4,7-8,13H2,1H3,(H,15,16). The molecule has 0 aromatic carbocycles. The van der Waals surface area contributed by atoms with Crippen molar-refractivity contribution < 1.29 is 0 Å². The van der Waals surface area contributed by atoms with Crippen LogP contribution >= 0.6 is 0 Å². The Morgan fingerprint density at radius 1 is 1.38 bits per heavy atom. The van der Waals surface area contributed by atoms with Crippen LogP contribution < -0.4 is 11.1 Å². The van der Waals surface area contributed by atoms with Crippen LogP contribution in [0, 0.1) is 12.8 Å². The summed E-state index contributed by atoms with van der Waals surface area (Å²) in [4.78, 5) is 8.48. The van der Waals surface area contributed by atoms with Crippen molar-refractivity contribution in [2.24, 2.45) is 11.7 Å². The van der Waals surface area contributed by atoms with Gasteiger partial charge in [-0.25, -0.2) is 4.98 Å². The quantitative estimate of drug-likeness (QED) is 0.814. The number of hydrogen-bond donors (Lipinski definition) is 2. The van der Waals surface area contributed by atoms with E-state index in [0.717, 1.165) is 24.5 Å². The highest BCUT2D eigenvalue weighted by Crippen LogP contribution is 2.23. The first kappa shape index (κ1) is 11.3. The molecule has 0 radical (unpaired) electrons. The number of nitrogens with one attached hydrogen (secondary N) is 1. The van der Waals surface area contributed by atoms with E-state index < -0.39 is 0 Å². The average Bonchev–Trinajstić information content (AvgIpc) is 2.28. The van der Waals surface area contributed by atoms with Gasteiger partial charge in [0.05, 0.1) is 5.69 Å². The molecule has 4 heteroatoms. The number of aryl methyl sites for hydroxylation is 1. The molecule has 1 saturated carbocycles. The molecule has 4 nitrogen and oxygen atoms in total. The molecule has 2 atom stereocenters. The fourth-order valence-corrected chi connectivity index (χ4v) is 2.34. The smallest absolute Gasteiger partial charge is 0.147 e. The Kier molecular flexibility index (Phi) is 3.72. The first-order chi connectivity index (χ1) is 7.75. The van der Waals surface area contributed by atoms with Gasteiger partial charge in [-0.15, -0.1) is 0 Å². The number of anilines is 1. The third kappa shape index (κ3) is 2.92. The van der Waals surface area contributed by atoms with Crippen LogP contribution in [0.25, 0.3) is 0 Å². The van der Waals surface area contributed by atoms with E-state index in [1.165, 1.54) is 19.3 Å². The lowest BCUT2D eigenvalue weighted by molar-refractivity contribution is 0.334. The zero-order valence-electron chi connectivity index (χ0n) is 9.82. The van der Waals surface area contributed by atoms with Gasteiger partial charge in [-0.3, -0.25) is 4.98 Å². The van der Waals surface area contributed by atoms with E-state index in [1.54, 1.807) is 12.4 Å². The molecular weight excluding hydrogens is 200 g/mol. The zero-order valence-corrected chi connectivity index (χ0v) is 9.82. The van der Waals surface area contributed by atoms with Gasteiger partial charge < -0.3 is 11.1 Å². The van der Waals surface area contributed by atoms with Crippen molar-refractivity contribution in [3.63, 3.8) is 0 Å². The Balaban J connectivity index is 1.85. The number of rotatable bonds is 3. The molecule has 1 aliphatic carbocycles. The summed E-state index contributed by atoms with van der Waals surface area (Å²) in [7, 11) is 0. The molecule has 0 aliphatic heterocycles. The van der Waals surface area contributed by atoms with Crippen molar-refractivity contribution in [2.75, 3.05) is 11.9 Å². The average molecular weight is 220 g/mol. The molecule has 2 rings (SSSR count). The van der Waals surface area contributed by atoms with Crippen LogP contribution in [-0.2, 0) is 0 Å². The monoisotopic (exact) mass is 220 g/mol. The third-order valence-corrected chi connectivity index (χ3v) is 3.26. The van der Waals surface area contributed by atoms with Crippen LogP contribution in [0.1, 0.15) is 31.4 Å². The van der Waals surface area contributed by atoms with Gasteiger partial charge in [-0.2, -0.15) is 0 Å². The molecule has 1 aromatic heterocycles. The van der Waals surface area contributed by atoms with Crippen molar-refractivity contribution >= 4 is 5.82 Å². The summed E-state index contributed by atoms with van der Waals surface area (Å²) in [5, 5.41) is 3.37. The van der Waals surface area contributed by atoms with Crippen LogP contribution in [0.4, 0.5) is 5.82 Å². The number of nitrogens with zero attached hydrogens (tertiary/aromatic N) is 2. The maximum Gasteiger partial charge on any atom is 0.147 e. The van der Waals surface area contributed by atoms with Crippen molar-refractivity contribution in [3.8, 4) is 0 Å². The van der Waals surface area contributed by atoms with Gasteiger partial charge in [0, 0.05) is 25.0 Å². The van der Waals surface area contributed by atoms with E-state index in [0.29, 0.717) is 12.0 Å². The highest BCUT2D eigenvalue weighted by molar-refractivity contribution is 5.38. The minimum atomic E-state index is 0.392. The van der Waals surface area contributed by atoms with Gasteiger partial charge in [0.25, 0.3) is 0 Å². The Morgan fingerprint density at radius 2 is 2.19 bits per heavy atom. The Bertz CT molecular complexity index is 340. The van der Waals surface area contributed by atoms with Gasteiger partial charge in [0.15, 0.2) is 0 Å². The summed E-state index contributed by atoms with van der Waals surface area (Å²) >= 11 is 0. The van der Waals surface area contributed by atoms with E-state index in [1.807, 2.05) is 6.92 Å². The first-order valence-corrected chi connectivity index (χ1v) is 6.03. The van der Waals surface area contributed by atoms with Crippen LogP contribution in [0.5, 0.6) is 0 Å². The molecule has 1 fully saturated rings. The highest BCUT2D eigenvalue weighted by atomic mass is 15.0. The molecule has 1 aromatic rings. The first-order valence-electron chi connectivity index (χ1n) is 6.03. The normalized spacial score (nSPS) is 25.4. The lowest BCUT2D eigenvalue weighted by Gasteiger charge is -2.26. The van der Waals surface area contributed by atoms with E-state index in [2.05, 4.69) is 15.3 Å². The van der Waals surface area contributed by atoms with Gasteiger partial charge in [-0.05, 0) is 32.1 Å². The molecule has 0 saturated heterocycles. The fraction of sp³-hybridized carbons (Fsp3) is 0.667. The summed E-state index contributed by atoms with van der Waals surface area (Å²) in [5.74, 6) is 1.59. The molecular formula is C12H20N4. The predicted octanol–water partition coefficient (Wildman–Crippen LogP) is 1.71. The maximum absolute atomic E-state index is 5.97. The van der Waals surface area contributed by atoms with Crippen LogP contribution in [0.2, 0.25) is 0 Å². The molecule has 1 heterocycles.